The van der Waals surface area contributed by atoms with E-state index in [0.29, 0.717) is 11.5 Å². The van der Waals surface area contributed by atoms with E-state index in [-0.39, 0.29) is 10.8 Å². The monoisotopic (exact) mass is 292 g/mol. The van der Waals surface area contributed by atoms with Gasteiger partial charge in [0.2, 0.25) is 0 Å². The number of carbonyl (C=O) groups is 1. The van der Waals surface area contributed by atoms with Crippen LogP contribution in [0.1, 0.15) is 19.8 Å². The molecule has 1 rings (SSSR count). The van der Waals surface area contributed by atoms with Crippen LogP contribution >= 0.6 is 11.6 Å². The highest BCUT2D eigenvalue weighted by Crippen LogP contribution is 2.18. The Bertz CT molecular complexity index is 451. The molecule has 0 bridgehead atoms. The van der Waals surface area contributed by atoms with Crippen LogP contribution in [-0.2, 0) is 20.3 Å². The minimum atomic E-state index is -1.56. The van der Waals surface area contributed by atoms with Crippen LogP contribution < -0.4 is 0 Å². The highest BCUT2D eigenvalue weighted by atomic mass is 35.5. The van der Waals surface area contributed by atoms with E-state index in [4.69, 9.17) is 16.3 Å². The Morgan fingerprint density at radius 2 is 2.22 bits per heavy atom. The van der Waals surface area contributed by atoms with Crippen LogP contribution in [0.25, 0.3) is 0 Å². The molecule has 1 unspecified atom stereocenters. The van der Waals surface area contributed by atoms with Gasteiger partial charge in [0, 0.05) is 4.90 Å². The number of halogens is 2. The van der Waals surface area contributed by atoms with Crippen molar-refractivity contribution in [3.05, 3.63) is 29.0 Å². The third-order valence-corrected chi connectivity index (χ3v) is 3.73. The second-order valence-electron chi connectivity index (χ2n) is 3.64. The lowest BCUT2D eigenvalue weighted by Crippen LogP contribution is -2.15. The first-order chi connectivity index (χ1) is 8.54. The summed E-state index contributed by atoms with van der Waals surface area (Å²) >= 11 is 5.57. The van der Waals surface area contributed by atoms with Crippen molar-refractivity contribution in [1.82, 2.24) is 0 Å². The molecule has 6 heteroatoms. The van der Waals surface area contributed by atoms with E-state index in [1.165, 1.54) is 12.1 Å². The van der Waals surface area contributed by atoms with Gasteiger partial charge in [-0.2, -0.15) is 0 Å². The molecule has 0 aliphatic carbocycles. The Balaban J connectivity index is 2.54. The molecule has 0 fully saturated rings. The van der Waals surface area contributed by atoms with Gasteiger partial charge in [0.15, 0.2) is 0 Å². The molecule has 0 spiro atoms. The number of benzene rings is 1. The molecule has 3 nitrogen and oxygen atoms in total. The molecule has 0 radical (unpaired) electrons. The number of hydrogen-bond acceptors (Lipinski definition) is 3. The largest absolute Gasteiger partial charge is 0.465 e. The molecule has 1 aromatic rings. The predicted octanol–water partition coefficient (Wildman–Crippen LogP) is 2.93. The van der Waals surface area contributed by atoms with Gasteiger partial charge in [-0.1, -0.05) is 24.9 Å². The lowest BCUT2D eigenvalue weighted by atomic mass is 10.3. The molecule has 0 aromatic heterocycles. The molecular weight excluding hydrogens is 279 g/mol. The van der Waals surface area contributed by atoms with Crippen molar-refractivity contribution in [2.45, 2.75) is 24.7 Å². The number of carbonyl (C=O) groups excluding carboxylic acids is 1. The third kappa shape index (κ3) is 4.74. The summed E-state index contributed by atoms with van der Waals surface area (Å²) < 4.78 is 29.6. The van der Waals surface area contributed by atoms with Crippen LogP contribution in [-0.4, -0.2) is 22.5 Å². The van der Waals surface area contributed by atoms with Gasteiger partial charge in [-0.25, -0.2) is 4.39 Å². The fraction of sp³-hybridized carbons (Fsp3) is 0.417. The summed E-state index contributed by atoms with van der Waals surface area (Å²) in [5.41, 5.74) is 0. The second-order valence-corrected chi connectivity index (χ2v) is 5.50. The smallest absolute Gasteiger partial charge is 0.318 e. The van der Waals surface area contributed by atoms with Crippen molar-refractivity contribution >= 4 is 28.4 Å². The van der Waals surface area contributed by atoms with Gasteiger partial charge in [-0.05, 0) is 24.6 Å². The topological polar surface area (TPSA) is 43.4 Å². The Hall–Kier alpha value is -0.940. The quantitative estimate of drug-likeness (QED) is 0.598. The molecule has 1 aromatic carbocycles. The number of hydrogen-bond donors (Lipinski definition) is 0. The Morgan fingerprint density at radius 1 is 1.50 bits per heavy atom. The van der Waals surface area contributed by atoms with E-state index in [1.54, 1.807) is 0 Å². The van der Waals surface area contributed by atoms with Gasteiger partial charge in [0.05, 0.1) is 22.4 Å². The van der Waals surface area contributed by atoms with E-state index in [9.17, 15) is 13.4 Å². The first kappa shape index (κ1) is 15.1. The van der Waals surface area contributed by atoms with Crippen LogP contribution in [0, 0.1) is 5.82 Å². The van der Waals surface area contributed by atoms with E-state index < -0.39 is 22.6 Å². The average molecular weight is 293 g/mol. The first-order valence-corrected chi connectivity index (χ1v) is 7.23. The standard InChI is InChI=1S/C12H14ClFO3S/c1-2-3-6-17-12(15)8-18(16)9-4-5-11(14)10(13)7-9/h4-5,7H,2-3,6,8H2,1H3. The number of esters is 1. The van der Waals surface area contributed by atoms with Crippen molar-refractivity contribution in [3.8, 4) is 0 Å². The third-order valence-electron chi connectivity index (χ3n) is 2.16. The fourth-order valence-corrected chi connectivity index (χ4v) is 2.36. The van der Waals surface area contributed by atoms with E-state index >= 15 is 0 Å². The number of rotatable bonds is 6. The first-order valence-electron chi connectivity index (χ1n) is 5.53. The maximum Gasteiger partial charge on any atom is 0.318 e. The molecule has 1 atom stereocenters. The Morgan fingerprint density at radius 3 is 2.83 bits per heavy atom. The maximum absolute atomic E-state index is 12.9. The molecular formula is C12H14ClFO3S. The second kappa shape index (κ2) is 7.48. The average Bonchev–Trinajstić information content (AvgIpc) is 2.33. The molecule has 0 aliphatic heterocycles. The van der Waals surface area contributed by atoms with Crippen LogP contribution in [0.15, 0.2) is 23.1 Å². The zero-order valence-electron chi connectivity index (χ0n) is 9.95. The zero-order valence-corrected chi connectivity index (χ0v) is 11.5. The van der Waals surface area contributed by atoms with Gasteiger partial charge in [0.1, 0.15) is 11.6 Å². The van der Waals surface area contributed by atoms with Gasteiger partial charge in [-0.15, -0.1) is 0 Å². The molecule has 0 N–H and O–H groups in total. The van der Waals surface area contributed by atoms with Crippen molar-refractivity contribution in [2.24, 2.45) is 0 Å². The van der Waals surface area contributed by atoms with Crippen LogP contribution in [0.3, 0.4) is 0 Å². The van der Waals surface area contributed by atoms with Crippen LogP contribution in [0.4, 0.5) is 4.39 Å². The van der Waals surface area contributed by atoms with Crippen molar-refractivity contribution in [1.29, 1.82) is 0 Å². The van der Waals surface area contributed by atoms with Crippen molar-refractivity contribution in [2.75, 3.05) is 12.4 Å². The minimum Gasteiger partial charge on any atom is -0.465 e. The molecule has 18 heavy (non-hydrogen) atoms. The van der Waals surface area contributed by atoms with E-state index in [2.05, 4.69) is 0 Å². The highest BCUT2D eigenvalue weighted by Gasteiger charge is 2.12. The molecule has 100 valence electrons. The van der Waals surface area contributed by atoms with E-state index in [0.717, 1.165) is 18.9 Å². The molecule has 0 saturated carbocycles. The zero-order chi connectivity index (χ0) is 13.5. The predicted molar refractivity (Wildman–Crippen MR) is 68.6 cm³/mol. The Kier molecular flexibility index (Phi) is 6.29. The SMILES string of the molecule is CCCCOC(=O)CS(=O)c1ccc(F)c(Cl)c1. The van der Waals surface area contributed by atoms with Gasteiger partial charge < -0.3 is 4.74 Å². The summed E-state index contributed by atoms with van der Waals surface area (Å²) in [6, 6.07) is 3.72. The van der Waals surface area contributed by atoms with Gasteiger partial charge in [-0.3, -0.25) is 9.00 Å². The fourth-order valence-electron chi connectivity index (χ4n) is 1.18. The molecule has 0 saturated heterocycles. The summed E-state index contributed by atoms with van der Waals surface area (Å²) in [6.07, 6.45) is 1.70. The summed E-state index contributed by atoms with van der Waals surface area (Å²) in [5.74, 6) is -1.35. The van der Waals surface area contributed by atoms with Gasteiger partial charge in [0.25, 0.3) is 0 Å². The molecule has 0 amide bonds. The van der Waals surface area contributed by atoms with E-state index in [1.807, 2.05) is 6.92 Å². The lowest BCUT2D eigenvalue weighted by Gasteiger charge is -2.04. The molecule has 0 aliphatic rings. The summed E-state index contributed by atoms with van der Waals surface area (Å²) in [6.45, 7) is 2.31. The van der Waals surface area contributed by atoms with Crippen LogP contribution in [0.5, 0.6) is 0 Å². The lowest BCUT2D eigenvalue weighted by molar-refractivity contribution is -0.140. The Labute approximate surface area is 113 Å². The highest BCUT2D eigenvalue weighted by molar-refractivity contribution is 7.85. The number of ether oxygens (including phenoxy) is 1. The minimum absolute atomic E-state index is 0.111. The maximum atomic E-state index is 12.9. The van der Waals surface area contributed by atoms with Crippen LogP contribution in [0.2, 0.25) is 5.02 Å². The van der Waals surface area contributed by atoms with Gasteiger partial charge >= 0.3 is 5.97 Å². The number of unbranched alkanes of at least 4 members (excludes halogenated alkanes) is 1. The normalized spacial score (nSPS) is 12.2. The van der Waals surface area contributed by atoms with Crippen molar-refractivity contribution < 1.29 is 18.1 Å². The molecule has 0 heterocycles. The summed E-state index contributed by atoms with van der Waals surface area (Å²) in [4.78, 5) is 11.6. The van der Waals surface area contributed by atoms with Crippen molar-refractivity contribution in [3.63, 3.8) is 0 Å². The summed E-state index contributed by atoms with van der Waals surface area (Å²) in [5, 5.41) is -0.111. The summed E-state index contributed by atoms with van der Waals surface area (Å²) in [7, 11) is -1.56.